The molecule has 0 saturated carbocycles. The Morgan fingerprint density at radius 2 is 1.47 bits per heavy atom. The molecule has 0 N–H and O–H groups in total. The first-order valence-electron chi connectivity index (χ1n) is 11.9. The maximum absolute atomic E-state index is 13.2. The molecule has 8 nitrogen and oxygen atoms in total. The summed E-state index contributed by atoms with van der Waals surface area (Å²) in [5.41, 5.74) is 3.51. The fraction of sp³-hybridized carbons (Fsp3) is 0.480. The van der Waals surface area contributed by atoms with E-state index in [-0.39, 0.29) is 5.92 Å². The van der Waals surface area contributed by atoms with E-state index in [4.69, 9.17) is 4.74 Å². The minimum Gasteiger partial charge on any atom is -0.497 e. The third-order valence-electron chi connectivity index (χ3n) is 7.01. The number of hydrogen-bond donors (Lipinski definition) is 0. The van der Waals surface area contributed by atoms with Gasteiger partial charge < -0.3 is 19.4 Å². The Balaban J connectivity index is 1.13. The summed E-state index contributed by atoms with van der Waals surface area (Å²) in [7, 11) is 1.68. The van der Waals surface area contributed by atoms with Gasteiger partial charge in [-0.15, -0.1) is 10.2 Å². The van der Waals surface area contributed by atoms with E-state index in [0.717, 1.165) is 79.5 Å². The quantitative estimate of drug-likeness (QED) is 0.557. The maximum Gasteiger partial charge on any atom is 0.225 e. The van der Waals surface area contributed by atoms with Gasteiger partial charge in [0.1, 0.15) is 5.75 Å². The summed E-state index contributed by atoms with van der Waals surface area (Å²) >= 11 is 1.62. The van der Waals surface area contributed by atoms with Crippen LogP contribution in [0.4, 0.5) is 10.8 Å². The highest BCUT2D eigenvalue weighted by molar-refractivity contribution is 7.17. The van der Waals surface area contributed by atoms with Crippen molar-refractivity contribution in [1.29, 1.82) is 0 Å². The predicted octanol–water partition coefficient (Wildman–Crippen LogP) is 3.52. The van der Waals surface area contributed by atoms with E-state index < -0.39 is 0 Å². The van der Waals surface area contributed by atoms with Crippen molar-refractivity contribution in [3.63, 3.8) is 0 Å². The average molecular weight is 481 g/mol. The van der Waals surface area contributed by atoms with Crippen molar-refractivity contribution >= 4 is 28.1 Å². The van der Waals surface area contributed by atoms with Crippen LogP contribution in [0.25, 0.3) is 5.13 Å². The minimum atomic E-state index is 0.102. The number of ether oxygens (including phenoxy) is 1. The van der Waals surface area contributed by atoms with Crippen molar-refractivity contribution in [3.8, 4) is 10.9 Å². The fourth-order valence-corrected chi connectivity index (χ4v) is 5.97. The number of anilines is 2. The Morgan fingerprint density at radius 1 is 0.853 bits per heavy atom. The van der Waals surface area contributed by atoms with Gasteiger partial charge in [-0.05, 0) is 63.1 Å². The van der Waals surface area contributed by atoms with Gasteiger partial charge >= 0.3 is 0 Å². The molecule has 0 atom stereocenters. The molecule has 1 amide bonds. The number of amides is 1. The molecule has 1 aromatic carbocycles. The largest absolute Gasteiger partial charge is 0.497 e. The second kappa shape index (κ2) is 9.66. The molecule has 0 bridgehead atoms. The van der Waals surface area contributed by atoms with Crippen LogP contribution < -0.4 is 14.5 Å². The molecule has 0 unspecified atom stereocenters. The van der Waals surface area contributed by atoms with Gasteiger partial charge in [-0.2, -0.15) is 0 Å². The Labute approximate surface area is 204 Å². The van der Waals surface area contributed by atoms with E-state index in [1.165, 1.54) is 5.69 Å². The molecule has 34 heavy (non-hydrogen) atoms. The number of benzene rings is 1. The van der Waals surface area contributed by atoms with Crippen LogP contribution in [0.3, 0.4) is 0 Å². The molecule has 2 aliphatic rings. The summed E-state index contributed by atoms with van der Waals surface area (Å²) in [6.45, 7) is 9.15. The summed E-state index contributed by atoms with van der Waals surface area (Å²) in [4.78, 5) is 19.9. The van der Waals surface area contributed by atoms with Gasteiger partial charge in [-0.3, -0.25) is 9.36 Å². The SMILES string of the molecule is COc1ccc(N2CCN(C(=O)C3CCN(c4nnc(-n5c(C)ccc5C)s4)CC3)CC2)cc1. The lowest BCUT2D eigenvalue weighted by Crippen LogP contribution is -2.51. The number of aromatic nitrogens is 3. The van der Waals surface area contributed by atoms with Gasteiger partial charge in [0, 0.05) is 62.3 Å². The van der Waals surface area contributed by atoms with Crippen molar-refractivity contribution in [3.05, 3.63) is 47.8 Å². The third kappa shape index (κ3) is 4.49. The van der Waals surface area contributed by atoms with Gasteiger partial charge in [-0.25, -0.2) is 0 Å². The van der Waals surface area contributed by atoms with E-state index in [1.54, 1.807) is 18.4 Å². The molecule has 2 saturated heterocycles. The van der Waals surface area contributed by atoms with Crippen molar-refractivity contribution < 1.29 is 9.53 Å². The van der Waals surface area contributed by atoms with Crippen LogP contribution in [0.2, 0.25) is 0 Å². The summed E-state index contributed by atoms with van der Waals surface area (Å²) in [6.07, 6.45) is 1.74. The number of aryl methyl sites for hydroxylation is 2. The Morgan fingerprint density at radius 3 is 2.09 bits per heavy atom. The molecular weight excluding hydrogens is 448 g/mol. The number of rotatable bonds is 5. The first kappa shape index (κ1) is 22.7. The molecule has 4 heterocycles. The second-order valence-electron chi connectivity index (χ2n) is 9.09. The number of piperidine rings is 1. The van der Waals surface area contributed by atoms with Crippen LogP contribution in [0.5, 0.6) is 5.75 Å². The average Bonchev–Trinajstić information content (AvgIpc) is 3.50. The number of carbonyl (C=O) groups is 1. The lowest BCUT2D eigenvalue weighted by molar-refractivity contribution is -0.136. The number of hydrogen-bond acceptors (Lipinski definition) is 7. The van der Waals surface area contributed by atoms with Crippen molar-refractivity contribution in [2.24, 2.45) is 5.92 Å². The van der Waals surface area contributed by atoms with E-state index in [2.05, 4.69) is 67.6 Å². The Kier molecular flexibility index (Phi) is 6.45. The van der Waals surface area contributed by atoms with E-state index >= 15 is 0 Å². The second-order valence-corrected chi connectivity index (χ2v) is 10.0. The van der Waals surface area contributed by atoms with E-state index in [1.807, 2.05) is 12.1 Å². The van der Waals surface area contributed by atoms with Crippen LogP contribution in [-0.2, 0) is 4.79 Å². The maximum atomic E-state index is 13.2. The molecule has 0 aliphatic carbocycles. The van der Waals surface area contributed by atoms with Crippen molar-refractivity contribution in [1.82, 2.24) is 19.7 Å². The molecule has 0 spiro atoms. The molecule has 3 aromatic rings. The van der Waals surface area contributed by atoms with Crippen molar-refractivity contribution in [2.75, 3.05) is 56.2 Å². The van der Waals surface area contributed by atoms with Crippen molar-refractivity contribution in [2.45, 2.75) is 26.7 Å². The van der Waals surface area contributed by atoms with Gasteiger partial charge in [0.15, 0.2) is 0 Å². The third-order valence-corrected chi connectivity index (χ3v) is 7.98. The first-order valence-corrected chi connectivity index (χ1v) is 12.8. The highest BCUT2D eigenvalue weighted by atomic mass is 32.1. The highest BCUT2D eigenvalue weighted by Crippen LogP contribution is 2.30. The highest BCUT2D eigenvalue weighted by Gasteiger charge is 2.31. The van der Waals surface area contributed by atoms with E-state index in [0.29, 0.717) is 5.91 Å². The number of carbonyl (C=O) groups excluding carboxylic acids is 1. The normalized spacial score (nSPS) is 17.3. The summed E-state index contributed by atoms with van der Waals surface area (Å²) in [6, 6.07) is 12.4. The predicted molar refractivity (Wildman–Crippen MR) is 135 cm³/mol. The summed E-state index contributed by atoms with van der Waals surface area (Å²) < 4.78 is 7.39. The molecular formula is C25H32N6O2S. The lowest BCUT2D eigenvalue weighted by Gasteiger charge is -2.39. The molecule has 180 valence electrons. The molecule has 2 aliphatic heterocycles. The monoisotopic (exact) mass is 480 g/mol. The standard InChI is InChI=1S/C25H32N6O2S/c1-18-4-5-19(2)31(18)25-27-26-24(34-25)30-12-10-20(11-13-30)23(32)29-16-14-28(15-17-29)21-6-8-22(33-3)9-7-21/h4-9,20H,10-17H2,1-3H3. The fourth-order valence-electron chi connectivity index (χ4n) is 4.95. The first-order chi connectivity index (χ1) is 16.5. The van der Waals surface area contributed by atoms with Crippen LogP contribution in [0.15, 0.2) is 36.4 Å². The van der Waals surface area contributed by atoms with E-state index in [9.17, 15) is 4.79 Å². The zero-order valence-corrected chi connectivity index (χ0v) is 20.9. The van der Waals surface area contributed by atoms with Crippen LogP contribution in [0, 0.1) is 19.8 Å². The minimum absolute atomic E-state index is 0.102. The molecule has 9 heteroatoms. The zero-order valence-electron chi connectivity index (χ0n) is 20.1. The van der Waals surface area contributed by atoms with Gasteiger partial charge in [-0.1, -0.05) is 11.3 Å². The summed E-state index contributed by atoms with van der Waals surface area (Å²) in [5, 5.41) is 10.7. The number of nitrogens with zero attached hydrogens (tertiary/aromatic N) is 6. The Hall–Kier alpha value is -3.07. The van der Waals surface area contributed by atoms with Gasteiger partial charge in [0.25, 0.3) is 0 Å². The zero-order chi connectivity index (χ0) is 23.7. The lowest BCUT2D eigenvalue weighted by atomic mass is 9.95. The van der Waals surface area contributed by atoms with Gasteiger partial charge in [0.2, 0.25) is 16.2 Å². The molecule has 0 radical (unpaired) electrons. The van der Waals surface area contributed by atoms with Crippen LogP contribution in [-0.4, -0.2) is 71.9 Å². The number of methoxy groups -OCH3 is 1. The molecule has 2 aromatic heterocycles. The molecule has 2 fully saturated rings. The Bertz CT molecular complexity index is 1110. The van der Waals surface area contributed by atoms with Gasteiger partial charge in [0.05, 0.1) is 7.11 Å². The molecule has 5 rings (SSSR count). The number of piperazine rings is 1. The topological polar surface area (TPSA) is 66.7 Å². The van der Waals surface area contributed by atoms with Crippen LogP contribution >= 0.6 is 11.3 Å². The summed E-state index contributed by atoms with van der Waals surface area (Å²) in [5.74, 6) is 1.28. The smallest absolute Gasteiger partial charge is 0.225 e. The van der Waals surface area contributed by atoms with Crippen LogP contribution in [0.1, 0.15) is 24.2 Å².